The predicted octanol–water partition coefficient (Wildman–Crippen LogP) is 2.12. The number of nitrogens with one attached hydrogen (secondary N) is 1. The van der Waals surface area contributed by atoms with Crippen molar-refractivity contribution in [2.45, 2.75) is 43.8 Å². The molecule has 0 bridgehead atoms. The third kappa shape index (κ3) is 5.42. The van der Waals surface area contributed by atoms with Crippen molar-refractivity contribution in [3.63, 3.8) is 0 Å². The van der Waals surface area contributed by atoms with Crippen LogP contribution in [0.3, 0.4) is 0 Å². The van der Waals surface area contributed by atoms with Crippen LogP contribution in [0.5, 0.6) is 0 Å². The summed E-state index contributed by atoms with van der Waals surface area (Å²) in [6.45, 7) is 4.32. The summed E-state index contributed by atoms with van der Waals surface area (Å²) in [5.74, 6) is 0.602. The molecule has 3 nitrogen and oxygen atoms in total. The van der Waals surface area contributed by atoms with E-state index in [1.165, 1.54) is 18.6 Å². The van der Waals surface area contributed by atoms with Gasteiger partial charge in [0.1, 0.15) is 0 Å². The molecule has 88 valence electrons. The summed E-state index contributed by atoms with van der Waals surface area (Å²) in [6, 6.07) is 0. The summed E-state index contributed by atoms with van der Waals surface area (Å²) < 4.78 is 0.423. The van der Waals surface area contributed by atoms with Gasteiger partial charge in [0.25, 0.3) is 0 Å². The Kier molecular flexibility index (Phi) is 5.47. The molecule has 1 saturated heterocycles. The fraction of sp³-hybridized carbons (Fsp3) is 0.909. The van der Waals surface area contributed by atoms with E-state index in [0.717, 1.165) is 25.9 Å². The van der Waals surface area contributed by atoms with E-state index in [2.05, 4.69) is 24.0 Å². The molecule has 1 rings (SSSR count). The zero-order chi connectivity index (χ0) is 11.1. The molecule has 0 spiro atoms. The lowest BCUT2D eigenvalue weighted by Gasteiger charge is -2.22. The van der Waals surface area contributed by atoms with E-state index in [1.54, 1.807) is 0 Å². The molecule has 0 aliphatic carbocycles. The number of aliphatic carboxylic acids is 1. The van der Waals surface area contributed by atoms with Crippen LogP contribution < -0.4 is 5.32 Å². The van der Waals surface area contributed by atoms with Crippen LogP contribution in [-0.2, 0) is 4.79 Å². The molecular formula is C11H21NO2S. The largest absolute Gasteiger partial charge is 0.481 e. The quantitative estimate of drug-likeness (QED) is 0.659. The average molecular weight is 231 g/mol. The van der Waals surface area contributed by atoms with E-state index in [0.29, 0.717) is 11.2 Å². The van der Waals surface area contributed by atoms with Gasteiger partial charge in [-0.3, -0.25) is 4.79 Å². The molecule has 1 unspecified atom stereocenters. The third-order valence-corrected chi connectivity index (χ3v) is 4.33. The van der Waals surface area contributed by atoms with Crippen LogP contribution in [0.25, 0.3) is 0 Å². The Morgan fingerprint density at radius 1 is 1.53 bits per heavy atom. The second kappa shape index (κ2) is 6.38. The second-order valence-electron chi connectivity index (χ2n) is 4.43. The molecule has 0 radical (unpaired) electrons. The van der Waals surface area contributed by atoms with Crippen molar-refractivity contribution in [1.29, 1.82) is 0 Å². The van der Waals surface area contributed by atoms with Crippen LogP contribution in [-0.4, -0.2) is 34.7 Å². The molecule has 1 aliphatic rings. The smallest absolute Gasteiger partial charge is 0.303 e. The van der Waals surface area contributed by atoms with E-state index in [1.807, 2.05) is 0 Å². The SMILES string of the molecule is CC1(CNCCCCC(=O)O)CCCS1. The van der Waals surface area contributed by atoms with Gasteiger partial charge in [-0.25, -0.2) is 0 Å². The van der Waals surface area contributed by atoms with Gasteiger partial charge in [0.05, 0.1) is 0 Å². The summed E-state index contributed by atoms with van der Waals surface area (Å²) in [7, 11) is 0. The minimum atomic E-state index is -0.687. The monoisotopic (exact) mass is 231 g/mol. The van der Waals surface area contributed by atoms with E-state index in [-0.39, 0.29) is 0 Å². The van der Waals surface area contributed by atoms with Crippen LogP contribution in [0.1, 0.15) is 39.0 Å². The highest BCUT2D eigenvalue weighted by Crippen LogP contribution is 2.36. The highest BCUT2D eigenvalue weighted by atomic mass is 32.2. The van der Waals surface area contributed by atoms with Gasteiger partial charge in [0, 0.05) is 17.7 Å². The van der Waals surface area contributed by atoms with Crippen molar-refractivity contribution in [3.05, 3.63) is 0 Å². The Morgan fingerprint density at radius 2 is 2.33 bits per heavy atom. The van der Waals surface area contributed by atoms with Gasteiger partial charge in [0.2, 0.25) is 0 Å². The summed E-state index contributed by atoms with van der Waals surface area (Å²) in [6.07, 6.45) is 4.69. The summed E-state index contributed by atoms with van der Waals surface area (Å²) in [4.78, 5) is 10.3. The van der Waals surface area contributed by atoms with Crippen LogP contribution in [0.2, 0.25) is 0 Å². The van der Waals surface area contributed by atoms with Gasteiger partial charge in [-0.05, 0) is 44.9 Å². The average Bonchev–Trinajstić information content (AvgIpc) is 2.58. The molecule has 0 aromatic rings. The fourth-order valence-corrected chi connectivity index (χ4v) is 3.13. The van der Waals surface area contributed by atoms with Gasteiger partial charge in [-0.15, -0.1) is 0 Å². The first kappa shape index (κ1) is 12.8. The van der Waals surface area contributed by atoms with Gasteiger partial charge >= 0.3 is 5.97 Å². The highest BCUT2D eigenvalue weighted by molar-refractivity contribution is 8.00. The van der Waals surface area contributed by atoms with Gasteiger partial charge in [-0.1, -0.05) is 0 Å². The maximum Gasteiger partial charge on any atom is 0.303 e. The molecule has 15 heavy (non-hydrogen) atoms. The van der Waals surface area contributed by atoms with Crippen molar-refractivity contribution in [2.24, 2.45) is 0 Å². The molecule has 0 amide bonds. The number of unbranched alkanes of at least 4 members (excludes halogenated alkanes) is 1. The minimum absolute atomic E-state index is 0.299. The van der Waals surface area contributed by atoms with Crippen LogP contribution in [0.4, 0.5) is 0 Å². The highest BCUT2D eigenvalue weighted by Gasteiger charge is 2.28. The predicted molar refractivity (Wildman–Crippen MR) is 64.5 cm³/mol. The van der Waals surface area contributed by atoms with Crippen molar-refractivity contribution in [1.82, 2.24) is 5.32 Å². The number of thioether (sulfide) groups is 1. The second-order valence-corrected chi connectivity index (χ2v) is 6.11. The van der Waals surface area contributed by atoms with E-state index in [4.69, 9.17) is 5.11 Å². The van der Waals surface area contributed by atoms with Crippen molar-refractivity contribution >= 4 is 17.7 Å². The van der Waals surface area contributed by atoms with Crippen molar-refractivity contribution < 1.29 is 9.90 Å². The number of rotatable bonds is 7. The number of carboxylic acid groups (broad SMARTS) is 1. The van der Waals surface area contributed by atoms with Gasteiger partial charge < -0.3 is 10.4 Å². The lowest BCUT2D eigenvalue weighted by atomic mass is 10.1. The summed E-state index contributed by atoms with van der Waals surface area (Å²) in [5.41, 5.74) is 0. The lowest BCUT2D eigenvalue weighted by molar-refractivity contribution is -0.137. The molecule has 1 aliphatic heterocycles. The number of hydrogen-bond acceptors (Lipinski definition) is 3. The Bertz CT molecular complexity index is 203. The molecule has 0 aromatic carbocycles. The molecule has 0 saturated carbocycles. The summed E-state index contributed by atoms with van der Waals surface area (Å²) in [5, 5.41) is 11.9. The normalized spacial score (nSPS) is 25.7. The van der Waals surface area contributed by atoms with Crippen LogP contribution >= 0.6 is 11.8 Å². The Balaban J connectivity index is 1.94. The Hall–Kier alpha value is -0.220. The standard InChI is InChI=1S/C11H21NO2S/c1-11(6-4-8-15-11)9-12-7-3-2-5-10(13)14/h12H,2-9H2,1H3,(H,13,14). The number of hydrogen-bond donors (Lipinski definition) is 2. The molecular weight excluding hydrogens is 210 g/mol. The number of carbonyl (C=O) groups is 1. The summed E-state index contributed by atoms with van der Waals surface area (Å²) >= 11 is 2.06. The molecule has 1 fully saturated rings. The van der Waals surface area contributed by atoms with Crippen LogP contribution in [0, 0.1) is 0 Å². The van der Waals surface area contributed by atoms with Crippen molar-refractivity contribution in [2.75, 3.05) is 18.8 Å². The molecule has 4 heteroatoms. The first-order valence-corrected chi connectivity index (χ1v) is 6.67. The van der Waals surface area contributed by atoms with E-state index < -0.39 is 5.97 Å². The minimum Gasteiger partial charge on any atom is -0.481 e. The van der Waals surface area contributed by atoms with Crippen LogP contribution in [0.15, 0.2) is 0 Å². The lowest BCUT2D eigenvalue weighted by Crippen LogP contribution is -2.33. The fourth-order valence-electron chi connectivity index (χ4n) is 1.86. The first-order valence-electron chi connectivity index (χ1n) is 5.69. The Labute approximate surface area is 96.0 Å². The molecule has 0 aromatic heterocycles. The van der Waals surface area contributed by atoms with E-state index >= 15 is 0 Å². The third-order valence-electron chi connectivity index (χ3n) is 2.79. The van der Waals surface area contributed by atoms with Gasteiger partial charge in [-0.2, -0.15) is 11.8 Å². The maximum absolute atomic E-state index is 10.3. The maximum atomic E-state index is 10.3. The first-order chi connectivity index (χ1) is 7.12. The molecule has 1 heterocycles. The molecule has 1 atom stereocenters. The zero-order valence-corrected chi connectivity index (χ0v) is 10.2. The van der Waals surface area contributed by atoms with Gasteiger partial charge in [0.15, 0.2) is 0 Å². The number of carboxylic acids is 1. The van der Waals surface area contributed by atoms with Crippen molar-refractivity contribution in [3.8, 4) is 0 Å². The Morgan fingerprint density at radius 3 is 2.93 bits per heavy atom. The molecule has 2 N–H and O–H groups in total. The topological polar surface area (TPSA) is 49.3 Å². The van der Waals surface area contributed by atoms with E-state index in [9.17, 15) is 4.79 Å². The zero-order valence-electron chi connectivity index (χ0n) is 9.42.